The van der Waals surface area contributed by atoms with Gasteiger partial charge in [0, 0.05) is 43.8 Å². The van der Waals surface area contributed by atoms with E-state index in [0.717, 1.165) is 25.2 Å². The third kappa shape index (κ3) is 3.14. The molecule has 0 bridgehead atoms. The van der Waals surface area contributed by atoms with Crippen molar-refractivity contribution in [1.82, 2.24) is 14.5 Å². The molecule has 0 aliphatic heterocycles. The first-order chi connectivity index (χ1) is 8.29. The summed E-state index contributed by atoms with van der Waals surface area (Å²) in [5, 5.41) is 0. The Morgan fingerprint density at radius 1 is 1.29 bits per heavy atom. The molecule has 90 valence electrons. The summed E-state index contributed by atoms with van der Waals surface area (Å²) in [7, 11) is 0. The Balaban J connectivity index is 2.09. The molecule has 2 N–H and O–H groups in total. The molecular formula is C13H18N4. The molecule has 1 atom stereocenters. The van der Waals surface area contributed by atoms with E-state index in [1.54, 1.807) is 0 Å². The standard InChI is InChI=1S/C13H18N4/c1-2-12(14)9-13-16-7-8-17(13)10-11-3-5-15-6-4-11/h3-8,12H,2,9-10,14H2,1H3. The van der Waals surface area contributed by atoms with Crippen LogP contribution in [-0.4, -0.2) is 20.6 Å². The Labute approximate surface area is 102 Å². The van der Waals surface area contributed by atoms with Gasteiger partial charge in [-0.25, -0.2) is 4.98 Å². The molecule has 0 aliphatic rings. The van der Waals surface area contributed by atoms with Crippen molar-refractivity contribution in [3.8, 4) is 0 Å². The second-order valence-electron chi connectivity index (χ2n) is 4.20. The van der Waals surface area contributed by atoms with E-state index in [1.165, 1.54) is 5.56 Å². The van der Waals surface area contributed by atoms with Crippen molar-refractivity contribution in [3.05, 3.63) is 48.3 Å². The summed E-state index contributed by atoms with van der Waals surface area (Å²) >= 11 is 0. The van der Waals surface area contributed by atoms with Crippen molar-refractivity contribution < 1.29 is 0 Å². The van der Waals surface area contributed by atoms with E-state index < -0.39 is 0 Å². The van der Waals surface area contributed by atoms with E-state index in [-0.39, 0.29) is 6.04 Å². The maximum Gasteiger partial charge on any atom is 0.110 e. The fraction of sp³-hybridized carbons (Fsp3) is 0.385. The number of hydrogen-bond acceptors (Lipinski definition) is 3. The molecule has 4 heteroatoms. The normalized spacial score (nSPS) is 12.6. The van der Waals surface area contributed by atoms with Gasteiger partial charge in [-0.3, -0.25) is 4.98 Å². The van der Waals surface area contributed by atoms with E-state index in [0.29, 0.717) is 0 Å². The SMILES string of the molecule is CCC(N)Cc1nccn1Cc1ccncc1. The van der Waals surface area contributed by atoms with Crippen LogP contribution in [-0.2, 0) is 13.0 Å². The van der Waals surface area contributed by atoms with Crippen molar-refractivity contribution >= 4 is 0 Å². The number of rotatable bonds is 5. The number of imidazole rings is 1. The second-order valence-corrected chi connectivity index (χ2v) is 4.20. The van der Waals surface area contributed by atoms with Crippen molar-refractivity contribution in [2.75, 3.05) is 0 Å². The predicted molar refractivity (Wildman–Crippen MR) is 67.5 cm³/mol. The first kappa shape index (κ1) is 11.8. The number of nitrogens with zero attached hydrogens (tertiary/aromatic N) is 3. The molecule has 0 radical (unpaired) electrons. The molecule has 2 rings (SSSR count). The summed E-state index contributed by atoms with van der Waals surface area (Å²) in [6, 6.07) is 4.22. The van der Waals surface area contributed by atoms with Crippen LogP contribution in [0.25, 0.3) is 0 Å². The Bertz CT molecular complexity index is 449. The lowest BCUT2D eigenvalue weighted by molar-refractivity contribution is 0.597. The molecule has 2 aromatic heterocycles. The first-order valence-corrected chi connectivity index (χ1v) is 5.94. The van der Waals surface area contributed by atoms with Gasteiger partial charge in [0.25, 0.3) is 0 Å². The van der Waals surface area contributed by atoms with Crippen LogP contribution in [0.4, 0.5) is 0 Å². The highest BCUT2D eigenvalue weighted by Gasteiger charge is 2.07. The quantitative estimate of drug-likeness (QED) is 0.849. The third-order valence-corrected chi connectivity index (χ3v) is 2.87. The molecular weight excluding hydrogens is 212 g/mol. The van der Waals surface area contributed by atoms with E-state index in [1.807, 2.05) is 36.9 Å². The highest BCUT2D eigenvalue weighted by Crippen LogP contribution is 2.07. The summed E-state index contributed by atoms with van der Waals surface area (Å²) in [5.41, 5.74) is 7.19. The summed E-state index contributed by atoms with van der Waals surface area (Å²) in [6.07, 6.45) is 9.25. The molecule has 0 amide bonds. The van der Waals surface area contributed by atoms with Gasteiger partial charge >= 0.3 is 0 Å². The zero-order chi connectivity index (χ0) is 12.1. The van der Waals surface area contributed by atoms with E-state index in [9.17, 15) is 0 Å². The third-order valence-electron chi connectivity index (χ3n) is 2.87. The molecule has 17 heavy (non-hydrogen) atoms. The van der Waals surface area contributed by atoms with Gasteiger partial charge in [-0.1, -0.05) is 6.92 Å². The highest BCUT2D eigenvalue weighted by atomic mass is 15.1. The number of pyridine rings is 1. The predicted octanol–water partition coefficient (Wildman–Crippen LogP) is 1.61. The molecule has 2 heterocycles. The summed E-state index contributed by atoms with van der Waals surface area (Å²) in [6.45, 7) is 2.93. The molecule has 0 aromatic carbocycles. The summed E-state index contributed by atoms with van der Waals surface area (Å²) in [5.74, 6) is 1.05. The molecule has 0 saturated carbocycles. The van der Waals surface area contributed by atoms with Crippen LogP contribution in [0.15, 0.2) is 36.9 Å². The molecule has 0 aliphatic carbocycles. The lowest BCUT2D eigenvalue weighted by Gasteiger charge is -2.11. The van der Waals surface area contributed by atoms with Gasteiger partial charge in [-0.15, -0.1) is 0 Å². The summed E-state index contributed by atoms with van der Waals surface area (Å²) in [4.78, 5) is 8.38. The van der Waals surface area contributed by atoms with E-state index in [4.69, 9.17) is 5.73 Å². The van der Waals surface area contributed by atoms with Crippen molar-refractivity contribution in [2.45, 2.75) is 32.4 Å². The average Bonchev–Trinajstić information content (AvgIpc) is 2.78. The second kappa shape index (κ2) is 5.59. The van der Waals surface area contributed by atoms with Gasteiger partial charge in [0.1, 0.15) is 5.82 Å². The lowest BCUT2D eigenvalue weighted by atomic mass is 10.1. The fourth-order valence-electron chi connectivity index (χ4n) is 1.74. The van der Waals surface area contributed by atoms with Gasteiger partial charge in [-0.2, -0.15) is 0 Å². The van der Waals surface area contributed by atoms with Crippen LogP contribution in [0, 0.1) is 0 Å². The molecule has 1 unspecified atom stereocenters. The van der Waals surface area contributed by atoms with Crippen molar-refractivity contribution in [1.29, 1.82) is 0 Å². The zero-order valence-electron chi connectivity index (χ0n) is 10.1. The Kier molecular flexibility index (Phi) is 3.88. The van der Waals surface area contributed by atoms with Gasteiger partial charge < -0.3 is 10.3 Å². The molecule has 4 nitrogen and oxygen atoms in total. The van der Waals surface area contributed by atoms with E-state index >= 15 is 0 Å². The Morgan fingerprint density at radius 2 is 2.06 bits per heavy atom. The van der Waals surface area contributed by atoms with Gasteiger partial charge in [0.15, 0.2) is 0 Å². The number of nitrogens with two attached hydrogens (primary N) is 1. The highest BCUT2D eigenvalue weighted by molar-refractivity contribution is 5.11. The minimum Gasteiger partial charge on any atom is -0.330 e. The maximum atomic E-state index is 5.96. The maximum absolute atomic E-state index is 5.96. The van der Waals surface area contributed by atoms with Crippen LogP contribution >= 0.6 is 0 Å². The largest absolute Gasteiger partial charge is 0.330 e. The van der Waals surface area contributed by atoms with Crippen LogP contribution < -0.4 is 5.73 Å². The fourth-order valence-corrected chi connectivity index (χ4v) is 1.74. The van der Waals surface area contributed by atoms with Crippen molar-refractivity contribution in [2.24, 2.45) is 5.73 Å². The Hall–Kier alpha value is -1.68. The van der Waals surface area contributed by atoms with Gasteiger partial charge in [-0.05, 0) is 24.1 Å². The minimum atomic E-state index is 0.189. The Morgan fingerprint density at radius 3 is 2.76 bits per heavy atom. The van der Waals surface area contributed by atoms with Gasteiger partial charge in [0.05, 0.1) is 0 Å². The van der Waals surface area contributed by atoms with Crippen LogP contribution in [0.2, 0.25) is 0 Å². The van der Waals surface area contributed by atoms with Gasteiger partial charge in [0.2, 0.25) is 0 Å². The number of aromatic nitrogens is 3. The molecule has 0 fully saturated rings. The topological polar surface area (TPSA) is 56.7 Å². The molecule has 2 aromatic rings. The number of hydrogen-bond donors (Lipinski definition) is 1. The summed E-state index contributed by atoms with van der Waals surface area (Å²) < 4.78 is 2.14. The zero-order valence-corrected chi connectivity index (χ0v) is 10.1. The average molecular weight is 230 g/mol. The monoisotopic (exact) mass is 230 g/mol. The lowest BCUT2D eigenvalue weighted by Crippen LogP contribution is -2.23. The smallest absolute Gasteiger partial charge is 0.110 e. The molecule has 0 spiro atoms. The van der Waals surface area contributed by atoms with E-state index in [2.05, 4.69) is 21.5 Å². The minimum absolute atomic E-state index is 0.189. The van der Waals surface area contributed by atoms with Crippen LogP contribution in [0.1, 0.15) is 24.7 Å². The first-order valence-electron chi connectivity index (χ1n) is 5.94. The van der Waals surface area contributed by atoms with Crippen molar-refractivity contribution in [3.63, 3.8) is 0 Å². The van der Waals surface area contributed by atoms with Crippen LogP contribution in [0.3, 0.4) is 0 Å². The van der Waals surface area contributed by atoms with Crippen LogP contribution in [0.5, 0.6) is 0 Å². The molecule has 0 saturated heterocycles.